The zero-order chi connectivity index (χ0) is 19.9. The van der Waals surface area contributed by atoms with E-state index in [0.29, 0.717) is 42.9 Å². The number of aliphatic hydroxyl groups is 1. The summed E-state index contributed by atoms with van der Waals surface area (Å²) in [5.41, 5.74) is -0.606. The highest BCUT2D eigenvalue weighted by Gasteiger charge is 2.59. The minimum Gasteiger partial charge on any atom is -0.469 e. The molecule has 7 atom stereocenters. The highest BCUT2D eigenvalue weighted by molar-refractivity contribution is 5.96. The average Bonchev–Trinajstić information content (AvgIpc) is 3.25. The van der Waals surface area contributed by atoms with Gasteiger partial charge in [0.1, 0.15) is 0 Å². The van der Waals surface area contributed by atoms with Crippen LogP contribution in [-0.2, 0) is 23.9 Å². The summed E-state index contributed by atoms with van der Waals surface area (Å²) in [6, 6.07) is 0. The molecule has 152 valence electrons. The first-order valence-corrected chi connectivity index (χ1v) is 10.2. The number of hydrogen-bond donors (Lipinski definition) is 1. The predicted octanol–water partition coefficient (Wildman–Crippen LogP) is 2.57. The third-order valence-corrected chi connectivity index (χ3v) is 7.53. The lowest BCUT2D eigenvalue weighted by molar-refractivity contribution is -0.154. The molecule has 3 aliphatic rings. The molecule has 0 amide bonds. The third-order valence-electron chi connectivity index (χ3n) is 7.53. The van der Waals surface area contributed by atoms with Gasteiger partial charge in [-0.2, -0.15) is 0 Å². The smallest absolute Gasteiger partial charge is 0.317 e. The monoisotopic (exact) mass is 380 g/mol. The second-order valence-electron chi connectivity index (χ2n) is 9.41. The molecule has 0 aromatic carbocycles. The van der Waals surface area contributed by atoms with Crippen LogP contribution >= 0.6 is 0 Å². The first-order valence-electron chi connectivity index (χ1n) is 10.2. The molecule has 2 aliphatic carbocycles. The zero-order valence-corrected chi connectivity index (χ0v) is 16.8. The lowest BCUT2D eigenvalue weighted by Gasteiger charge is -2.36. The normalized spacial score (nSPS) is 38.3. The van der Waals surface area contributed by atoms with Crippen molar-refractivity contribution in [3.05, 3.63) is 0 Å². The Kier molecular flexibility index (Phi) is 5.67. The maximum Gasteiger partial charge on any atom is 0.317 e. The molecule has 1 aliphatic heterocycles. The summed E-state index contributed by atoms with van der Waals surface area (Å²) in [5.74, 6) is -0.194. The summed E-state index contributed by atoms with van der Waals surface area (Å²) in [7, 11) is 1.38. The standard InChI is InChI=1S/C21H32O6/c1-11-15-9-12(8-13(15)10-22)16(11)17-14(18(23)27-19(17)24)6-5-7-21(2,3)20(25)26-4/h11-17,22H,5-10H2,1-4H3. The Morgan fingerprint density at radius 3 is 2.56 bits per heavy atom. The summed E-state index contributed by atoms with van der Waals surface area (Å²) in [6.45, 7) is 6.03. The number of rotatable bonds is 7. The first kappa shape index (κ1) is 20.3. The summed E-state index contributed by atoms with van der Waals surface area (Å²) < 4.78 is 9.88. The van der Waals surface area contributed by atoms with Gasteiger partial charge in [0.15, 0.2) is 0 Å². The average molecular weight is 380 g/mol. The fraction of sp³-hybridized carbons (Fsp3) is 0.857. The lowest BCUT2D eigenvalue weighted by Crippen LogP contribution is -2.37. The van der Waals surface area contributed by atoms with Gasteiger partial charge in [0.25, 0.3) is 0 Å². The van der Waals surface area contributed by atoms with Crippen LogP contribution in [0.2, 0.25) is 0 Å². The van der Waals surface area contributed by atoms with Crippen molar-refractivity contribution in [3.63, 3.8) is 0 Å². The van der Waals surface area contributed by atoms with Crippen LogP contribution in [0.3, 0.4) is 0 Å². The summed E-state index contributed by atoms with van der Waals surface area (Å²) in [6.07, 6.45) is 3.80. The molecule has 0 aromatic heterocycles. The van der Waals surface area contributed by atoms with E-state index in [1.54, 1.807) is 0 Å². The van der Waals surface area contributed by atoms with E-state index in [0.717, 1.165) is 12.8 Å². The second-order valence-corrected chi connectivity index (χ2v) is 9.41. The van der Waals surface area contributed by atoms with E-state index in [9.17, 15) is 19.5 Å². The highest BCUT2D eigenvalue weighted by atomic mass is 16.6. The van der Waals surface area contributed by atoms with Crippen LogP contribution in [0.1, 0.15) is 52.9 Å². The molecule has 0 aromatic rings. The quantitative estimate of drug-likeness (QED) is 0.539. The molecule has 0 spiro atoms. The Morgan fingerprint density at radius 1 is 1.26 bits per heavy atom. The molecule has 2 bridgehead atoms. The van der Waals surface area contributed by atoms with Gasteiger partial charge in [-0.1, -0.05) is 13.3 Å². The molecule has 0 radical (unpaired) electrons. The molecule has 1 saturated heterocycles. The number of fused-ring (bicyclic) bond motifs is 2. The van der Waals surface area contributed by atoms with E-state index in [1.807, 2.05) is 13.8 Å². The maximum atomic E-state index is 12.5. The van der Waals surface area contributed by atoms with Crippen molar-refractivity contribution < 1.29 is 29.0 Å². The van der Waals surface area contributed by atoms with Crippen molar-refractivity contribution in [2.75, 3.05) is 13.7 Å². The molecule has 3 rings (SSSR count). The van der Waals surface area contributed by atoms with Gasteiger partial charge < -0.3 is 14.6 Å². The van der Waals surface area contributed by atoms with Crippen molar-refractivity contribution in [1.29, 1.82) is 0 Å². The Labute approximate surface area is 161 Å². The number of methoxy groups -OCH3 is 1. The molecule has 7 unspecified atom stereocenters. The van der Waals surface area contributed by atoms with Gasteiger partial charge in [0.2, 0.25) is 0 Å². The molecule has 27 heavy (non-hydrogen) atoms. The van der Waals surface area contributed by atoms with E-state index in [1.165, 1.54) is 7.11 Å². The Balaban J connectivity index is 1.67. The van der Waals surface area contributed by atoms with E-state index in [4.69, 9.17) is 9.47 Å². The van der Waals surface area contributed by atoms with E-state index in [2.05, 4.69) is 6.92 Å². The number of carbonyl (C=O) groups is 3. The van der Waals surface area contributed by atoms with E-state index in [-0.39, 0.29) is 30.4 Å². The van der Waals surface area contributed by atoms with Crippen LogP contribution < -0.4 is 0 Å². The van der Waals surface area contributed by atoms with Gasteiger partial charge in [-0.25, -0.2) is 0 Å². The molecule has 1 heterocycles. The highest BCUT2D eigenvalue weighted by Crippen LogP contribution is 2.59. The summed E-state index contributed by atoms with van der Waals surface area (Å²) >= 11 is 0. The van der Waals surface area contributed by atoms with E-state index >= 15 is 0 Å². The largest absolute Gasteiger partial charge is 0.469 e. The van der Waals surface area contributed by atoms with Crippen LogP contribution in [0.25, 0.3) is 0 Å². The molecule has 3 fully saturated rings. The molecule has 2 saturated carbocycles. The van der Waals surface area contributed by atoms with Crippen molar-refractivity contribution >= 4 is 17.9 Å². The number of hydrogen-bond acceptors (Lipinski definition) is 6. The summed E-state index contributed by atoms with van der Waals surface area (Å²) in [4.78, 5) is 36.7. The Morgan fingerprint density at radius 2 is 1.96 bits per heavy atom. The molecule has 1 N–H and O–H groups in total. The molecular formula is C21H32O6. The molecular weight excluding hydrogens is 348 g/mol. The Bertz CT molecular complexity index is 608. The summed E-state index contributed by atoms with van der Waals surface area (Å²) in [5, 5.41) is 9.58. The number of cyclic esters (lactones) is 2. The fourth-order valence-corrected chi connectivity index (χ4v) is 6.12. The Hall–Kier alpha value is -1.43. The number of carbonyl (C=O) groups excluding carboxylic acids is 3. The van der Waals surface area contributed by atoms with Crippen LogP contribution in [0.5, 0.6) is 0 Å². The van der Waals surface area contributed by atoms with Crippen molar-refractivity contribution in [2.45, 2.75) is 52.9 Å². The first-order chi connectivity index (χ1) is 12.7. The van der Waals surface area contributed by atoms with E-state index < -0.39 is 17.3 Å². The van der Waals surface area contributed by atoms with Crippen LogP contribution in [0.4, 0.5) is 0 Å². The number of esters is 3. The molecule has 6 nitrogen and oxygen atoms in total. The molecule has 6 heteroatoms. The predicted molar refractivity (Wildman–Crippen MR) is 97.2 cm³/mol. The topological polar surface area (TPSA) is 89.9 Å². The zero-order valence-electron chi connectivity index (χ0n) is 16.8. The van der Waals surface area contributed by atoms with Crippen LogP contribution in [0, 0.1) is 46.8 Å². The van der Waals surface area contributed by atoms with Crippen molar-refractivity contribution in [2.24, 2.45) is 46.8 Å². The van der Waals surface area contributed by atoms with Gasteiger partial charge in [0.05, 0.1) is 24.4 Å². The minimum atomic E-state index is -0.606. The SMILES string of the molecule is COC(=O)C(C)(C)CCCC1C(=O)OC(=O)C1C1C2CC(CO)C(C2)C1C. The third kappa shape index (κ3) is 3.53. The number of ether oxygens (including phenoxy) is 2. The maximum absolute atomic E-state index is 12.5. The van der Waals surface area contributed by atoms with Crippen molar-refractivity contribution in [1.82, 2.24) is 0 Å². The van der Waals surface area contributed by atoms with Crippen molar-refractivity contribution in [3.8, 4) is 0 Å². The minimum absolute atomic E-state index is 0.162. The van der Waals surface area contributed by atoms with Crippen LogP contribution in [0.15, 0.2) is 0 Å². The van der Waals surface area contributed by atoms with Crippen LogP contribution in [-0.4, -0.2) is 36.7 Å². The van der Waals surface area contributed by atoms with Gasteiger partial charge in [-0.05, 0) is 69.1 Å². The number of aliphatic hydroxyl groups excluding tert-OH is 1. The lowest BCUT2D eigenvalue weighted by atomic mass is 9.66. The second kappa shape index (κ2) is 7.53. The van der Waals surface area contributed by atoms with Gasteiger partial charge >= 0.3 is 17.9 Å². The fourth-order valence-electron chi connectivity index (χ4n) is 6.12. The van der Waals surface area contributed by atoms with Gasteiger partial charge in [-0.15, -0.1) is 0 Å². The van der Waals surface area contributed by atoms with Gasteiger partial charge in [-0.3, -0.25) is 14.4 Å². The van der Waals surface area contributed by atoms with Gasteiger partial charge in [0, 0.05) is 6.61 Å².